The van der Waals surface area contributed by atoms with E-state index in [1.807, 2.05) is 0 Å². The van der Waals surface area contributed by atoms with Gasteiger partial charge < -0.3 is 10.2 Å². The molecule has 0 fully saturated rings. The van der Waals surface area contributed by atoms with Crippen molar-refractivity contribution in [3.05, 3.63) is 46.3 Å². The summed E-state index contributed by atoms with van der Waals surface area (Å²) in [5, 5.41) is 7.76. The third-order valence-corrected chi connectivity index (χ3v) is 3.71. The topological polar surface area (TPSA) is 28.2 Å². The fraction of sp³-hybridized carbons (Fsp3) is 0.438. The fourth-order valence-corrected chi connectivity index (χ4v) is 2.53. The minimum Gasteiger partial charge on any atom is -0.355 e. The lowest BCUT2D eigenvalue weighted by molar-refractivity contribution is 0.421. The lowest BCUT2D eigenvalue weighted by Crippen LogP contribution is -2.35. The monoisotopic (exact) mass is 289 g/mol. The molecule has 2 aromatic rings. The van der Waals surface area contributed by atoms with Crippen molar-refractivity contribution in [1.29, 1.82) is 0 Å². The van der Waals surface area contributed by atoms with Crippen LogP contribution in [0.25, 0.3) is 0 Å². The molecule has 0 aliphatic carbocycles. The predicted octanol–water partition coefficient (Wildman–Crippen LogP) is 3.67. The van der Waals surface area contributed by atoms with Crippen molar-refractivity contribution in [2.45, 2.75) is 39.4 Å². The van der Waals surface area contributed by atoms with Gasteiger partial charge in [-0.25, -0.2) is 4.98 Å². The van der Waals surface area contributed by atoms with Gasteiger partial charge in [-0.3, -0.25) is 0 Å². The molecule has 0 aliphatic heterocycles. The highest BCUT2D eigenvalue weighted by Gasteiger charge is 2.10. The molecule has 0 radical (unpaired) electrons. The molecule has 0 aromatic carbocycles. The third-order valence-electron chi connectivity index (χ3n) is 2.98. The van der Waals surface area contributed by atoms with Gasteiger partial charge in [0.25, 0.3) is 0 Å². The van der Waals surface area contributed by atoms with Crippen LogP contribution in [-0.4, -0.2) is 17.6 Å². The van der Waals surface area contributed by atoms with Gasteiger partial charge in [-0.15, -0.1) is 0 Å². The van der Waals surface area contributed by atoms with Gasteiger partial charge >= 0.3 is 0 Å². The Bertz CT molecular complexity index is 529. The number of anilines is 1. The first-order valence-electron chi connectivity index (χ1n) is 6.87. The van der Waals surface area contributed by atoms with Crippen LogP contribution >= 0.6 is 11.3 Å². The Morgan fingerprint density at radius 2 is 2.05 bits per heavy atom. The summed E-state index contributed by atoms with van der Waals surface area (Å²) in [5.74, 6) is 1.02. The van der Waals surface area contributed by atoms with E-state index in [-0.39, 0.29) is 5.54 Å². The van der Waals surface area contributed by atoms with Crippen LogP contribution in [0.3, 0.4) is 0 Å². The molecule has 20 heavy (non-hydrogen) atoms. The average molecular weight is 289 g/mol. The van der Waals surface area contributed by atoms with Crippen LogP contribution in [0.15, 0.2) is 35.0 Å². The Labute approximate surface area is 125 Å². The third kappa shape index (κ3) is 4.62. The van der Waals surface area contributed by atoms with E-state index in [4.69, 9.17) is 4.98 Å². The molecule has 0 amide bonds. The molecule has 2 rings (SSSR count). The predicted molar refractivity (Wildman–Crippen MR) is 87.3 cm³/mol. The normalized spacial score (nSPS) is 11.6. The van der Waals surface area contributed by atoms with Crippen LogP contribution in [0.5, 0.6) is 0 Å². The Morgan fingerprint density at radius 1 is 1.25 bits per heavy atom. The Kier molecular flexibility index (Phi) is 4.78. The summed E-state index contributed by atoms with van der Waals surface area (Å²) in [5.41, 5.74) is 2.52. The highest BCUT2D eigenvalue weighted by atomic mass is 32.1. The van der Waals surface area contributed by atoms with Crippen molar-refractivity contribution < 1.29 is 0 Å². The van der Waals surface area contributed by atoms with Gasteiger partial charge in [0.05, 0.1) is 5.69 Å². The van der Waals surface area contributed by atoms with E-state index in [1.54, 1.807) is 11.3 Å². The van der Waals surface area contributed by atoms with Gasteiger partial charge in [-0.2, -0.15) is 11.3 Å². The van der Waals surface area contributed by atoms with Crippen LogP contribution in [0.2, 0.25) is 0 Å². The molecule has 0 saturated carbocycles. The van der Waals surface area contributed by atoms with Crippen molar-refractivity contribution in [3.63, 3.8) is 0 Å². The van der Waals surface area contributed by atoms with E-state index < -0.39 is 0 Å². The molecular weight excluding hydrogens is 266 g/mol. The molecule has 0 spiro atoms. The number of pyridine rings is 1. The van der Waals surface area contributed by atoms with Crippen molar-refractivity contribution in [1.82, 2.24) is 10.3 Å². The minimum absolute atomic E-state index is 0.111. The molecule has 1 N–H and O–H groups in total. The van der Waals surface area contributed by atoms with Crippen LogP contribution in [-0.2, 0) is 13.1 Å². The second-order valence-corrected chi connectivity index (χ2v) is 6.86. The first kappa shape index (κ1) is 15.0. The van der Waals surface area contributed by atoms with E-state index in [1.165, 1.54) is 5.56 Å². The second-order valence-electron chi connectivity index (χ2n) is 6.08. The largest absolute Gasteiger partial charge is 0.355 e. The zero-order chi connectivity index (χ0) is 14.6. The van der Waals surface area contributed by atoms with Crippen molar-refractivity contribution in [2.24, 2.45) is 0 Å². The summed E-state index contributed by atoms with van der Waals surface area (Å²) >= 11 is 1.73. The molecule has 0 saturated heterocycles. The zero-order valence-corrected chi connectivity index (χ0v) is 13.5. The summed E-state index contributed by atoms with van der Waals surface area (Å²) < 4.78 is 0. The van der Waals surface area contributed by atoms with Gasteiger partial charge in [0.2, 0.25) is 0 Å². The minimum atomic E-state index is 0.111. The molecule has 2 heterocycles. The number of hydrogen-bond acceptors (Lipinski definition) is 4. The number of rotatable bonds is 5. The maximum Gasteiger partial charge on any atom is 0.128 e. The van der Waals surface area contributed by atoms with Crippen LogP contribution in [0.1, 0.15) is 32.0 Å². The first-order valence-corrected chi connectivity index (χ1v) is 7.81. The molecule has 0 aliphatic rings. The fourth-order valence-electron chi connectivity index (χ4n) is 1.87. The zero-order valence-electron chi connectivity index (χ0n) is 12.7. The van der Waals surface area contributed by atoms with Gasteiger partial charge in [-0.1, -0.05) is 6.07 Å². The summed E-state index contributed by atoms with van der Waals surface area (Å²) in [6.45, 7) is 8.19. The van der Waals surface area contributed by atoms with Crippen LogP contribution in [0, 0.1) is 0 Å². The molecule has 4 heteroatoms. The molecule has 108 valence electrons. The first-order chi connectivity index (χ1) is 9.44. The summed E-state index contributed by atoms with van der Waals surface area (Å²) in [6.07, 6.45) is 0. The maximum atomic E-state index is 4.72. The SMILES string of the molecule is CN(Cc1ccsc1)c1cccc(CNC(C)(C)C)n1. The standard InChI is InChI=1S/C16H23N3S/c1-16(2,3)17-10-14-6-5-7-15(18-14)19(4)11-13-8-9-20-12-13/h5-9,12,17H,10-11H2,1-4H3. The number of thiophene rings is 1. The second kappa shape index (κ2) is 6.37. The van der Waals surface area contributed by atoms with Crippen LogP contribution < -0.4 is 10.2 Å². The Balaban J connectivity index is 2.01. The van der Waals surface area contributed by atoms with Gasteiger partial charge in [0, 0.05) is 25.7 Å². The van der Waals surface area contributed by atoms with E-state index >= 15 is 0 Å². The average Bonchev–Trinajstić information content (AvgIpc) is 2.89. The van der Waals surface area contributed by atoms with Gasteiger partial charge in [-0.05, 0) is 55.3 Å². The quantitative estimate of drug-likeness (QED) is 0.910. The molecule has 3 nitrogen and oxygen atoms in total. The highest BCUT2D eigenvalue weighted by molar-refractivity contribution is 7.07. The Morgan fingerprint density at radius 3 is 2.70 bits per heavy atom. The number of nitrogens with zero attached hydrogens (tertiary/aromatic N) is 2. The highest BCUT2D eigenvalue weighted by Crippen LogP contribution is 2.15. The van der Waals surface area contributed by atoms with E-state index in [9.17, 15) is 0 Å². The van der Waals surface area contributed by atoms with E-state index in [2.05, 4.69) is 73.1 Å². The molecular formula is C16H23N3S. The van der Waals surface area contributed by atoms with E-state index in [0.717, 1.165) is 24.6 Å². The van der Waals surface area contributed by atoms with Crippen molar-refractivity contribution in [2.75, 3.05) is 11.9 Å². The smallest absolute Gasteiger partial charge is 0.128 e. The van der Waals surface area contributed by atoms with Crippen molar-refractivity contribution >= 4 is 17.2 Å². The lowest BCUT2D eigenvalue weighted by Gasteiger charge is -2.21. The van der Waals surface area contributed by atoms with Gasteiger partial charge in [0.1, 0.15) is 5.82 Å². The molecule has 2 aromatic heterocycles. The summed E-state index contributed by atoms with van der Waals surface area (Å²) in [6, 6.07) is 8.37. The summed E-state index contributed by atoms with van der Waals surface area (Å²) in [4.78, 5) is 6.91. The molecule has 0 bridgehead atoms. The van der Waals surface area contributed by atoms with Gasteiger partial charge in [0.15, 0.2) is 0 Å². The maximum absolute atomic E-state index is 4.72. The van der Waals surface area contributed by atoms with Crippen molar-refractivity contribution in [3.8, 4) is 0 Å². The lowest BCUT2D eigenvalue weighted by atomic mass is 10.1. The summed E-state index contributed by atoms with van der Waals surface area (Å²) in [7, 11) is 2.08. The number of hydrogen-bond donors (Lipinski definition) is 1. The molecule has 0 atom stereocenters. The molecule has 0 unspecified atom stereocenters. The van der Waals surface area contributed by atoms with Crippen LogP contribution in [0.4, 0.5) is 5.82 Å². The Hall–Kier alpha value is -1.39. The number of aromatic nitrogens is 1. The number of nitrogens with one attached hydrogen (secondary N) is 1. The van der Waals surface area contributed by atoms with E-state index in [0.29, 0.717) is 0 Å².